The smallest absolute Gasteiger partial charge is 0.133 e. The molecule has 0 radical (unpaired) electrons. The topological polar surface area (TPSA) is 26.3 Å². The molecule has 17 heavy (non-hydrogen) atoms. The number of carbonyl (C=O) groups is 1. The molecule has 0 aromatic heterocycles. The normalized spacial score (nSPS) is 17.4. The molecular weight excluding hydrogens is 212 g/mol. The van der Waals surface area contributed by atoms with Crippen LogP contribution in [-0.4, -0.2) is 11.9 Å². The molecule has 0 aliphatic heterocycles. The molecule has 0 N–H and O–H groups in total. The van der Waals surface area contributed by atoms with Gasteiger partial charge in [-0.05, 0) is 37.8 Å². The molecule has 1 fully saturated rings. The second-order valence-electron chi connectivity index (χ2n) is 4.98. The van der Waals surface area contributed by atoms with E-state index in [0.717, 1.165) is 12.8 Å². The van der Waals surface area contributed by atoms with Crippen LogP contribution in [0.25, 0.3) is 0 Å². The Hall–Kier alpha value is -1.15. The van der Waals surface area contributed by atoms with E-state index in [-0.39, 0.29) is 6.10 Å². The van der Waals surface area contributed by atoms with Crippen LogP contribution in [0, 0.1) is 13.8 Å². The van der Waals surface area contributed by atoms with Gasteiger partial charge in [0.15, 0.2) is 0 Å². The predicted octanol–water partition coefficient (Wildman–Crippen LogP) is 3.33. The Bertz CT molecular complexity index is 399. The van der Waals surface area contributed by atoms with E-state index in [0.29, 0.717) is 25.2 Å². The van der Waals surface area contributed by atoms with Crippen molar-refractivity contribution in [1.29, 1.82) is 0 Å². The third-order valence-corrected chi connectivity index (χ3v) is 3.47. The van der Waals surface area contributed by atoms with E-state index in [2.05, 4.69) is 32.0 Å². The first-order valence-corrected chi connectivity index (χ1v) is 6.34. The van der Waals surface area contributed by atoms with E-state index in [9.17, 15) is 4.79 Å². The summed E-state index contributed by atoms with van der Waals surface area (Å²) < 4.78 is 5.90. The van der Waals surface area contributed by atoms with Gasteiger partial charge in [0.2, 0.25) is 0 Å². The molecule has 0 amide bonds. The van der Waals surface area contributed by atoms with Gasteiger partial charge >= 0.3 is 0 Å². The van der Waals surface area contributed by atoms with Crippen molar-refractivity contribution in [2.24, 2.45) is 0 Å². The molecule has 0 unspecified atom stereocenters. The molecule has 2 heteroatoms. The molecule has 0 heterocycles. The first kappa shape index (κ1) is 12.3. The van der Waals surface area contributed by atoms with Gasteiger partial charge < -0.3 is 4.74 Å². The van der Waals surface area contributed by atoms with E-state index in [4.69, 9.17) is 4.74 Å². The number of ether oxygens (including phenoxy) is 1. The number of hydrogen-bond acceptors (Lipinski definition) is 2. The van der Waals surface area contributed by atoms with Gasteiger partial charge in [-0.25, -0.2) is 0 Å². The van der Waals surface area contributed by atoms with Crippen molar-refractivity contribution in [3.63, 3.8) is 0 Å². The van der Waals surface area contributed by atoms with Crippen molar-refractivity contribution >= 4 is 5.78 Å². The number of hydrogen-bond donors (Lipinski definition) is 0. The molecule has 0 spiro atoms. The van der Waals surface area contributed by atoms with Crippen LogP contribution in [0.1, 0.15) is 42.4 Å². The fraction of sp³-hybridized carbons (Fsp3) is 0.533. The SMILES string of the molecule is Cc1ccc(C)c(COC2CCC(=O)CC2)c1. The largest absolute Gasteiger partial charge is 0.374 e. The molecule has 1 saturated carbocycles. The minimum Gasteiger partial charge on any atom is -0.374 e. The van der Waals surface area contributed by atoms with Crippen LogP contribution < -0.4 is 0 Å². The lowest BCUT2D eigenvalue weighted by molar-refractivity contribution is -0.123. The van der Waals surface area contributed by atoms with Crippen molar-refractivity contribution in [3.05, 3.63) is 34.9 Å². The van der Waals surface area contributed by atoms with Gasteiger partial charge in [0.25, 0.3) is 0 Å². The highest BCUT2D eigenvalue weighted by atomic mass is 16.5. The molecule has 0 saturated heterocycles. The maximum atomic E-state index is 11.1. The number of aryl methyl sites for hydroxylation is 2. The Morgan fingerprint density at radius 1 is 1.24 bits per heavy atom. The highest BCUT2D eigenvalue weighted by molar-refractivity contribution is 5.79. The van der Waals surface area contributed by atoms with Gasteiger partial charge in [0.1, 0.15) is 5.78 Å². The average Bonchev–Trinajstić information content (AvgIpc) is 2.32. The maximum Gasteiger partial charge on any atom is 0.133 e. The van der Waals surface area contributed by atoms with Crippen molar-refractivity contribution in [1.82, 2.24) is 0 Å². The van der Waals surface area contributed by atoms with E-state index in [1.54, 1.807) is 0 Å². The van der Waals surface area contributed by atoms with Crippen LogP contribution in [0.3, 0.4) is 0 Å². The van der Waals surface area contributed by atoms with Gasteiger partial charge in [-0.1, -0.05) is 23.8 Å². The average molecular weight is 232 g/mol. The van der Waals surface area contributed by atoms with Crippen molar-refractivity contribution in [2.45, 2.75) is 52.2 Å². The maximum absolute atomic E-state index is 11.1. The lowest BCUT2D eigenvalue weighted by Crippen LogP contribution is -2.21. The van der Waals surface area contributed by atoms with E-state index in [1.807, 2.05) is 0 Å². The summed E-state index contributed by atoms with van der Waals surface area (Å²) in [7, 11) is 0. The van der Waals surface area contributed by atoms with Crippen molar-refractivity contribution in [2.75, 3.05) is 0 Å². The summed E-state index contributed by atoms with van der Waals surface area (Å²) in [4.78, 5) is 11.1. The summed E-state index contributed by atoms with van der Waals surface area (Å²) in [6, 6.07) is 6.44. The zero-order valence-electron chi connectivity index (χ0n) is 10.7. The standard InChI is InChI=1S/C15H20O2/c1-11-3-4-12(2)13(9-11)10-17-15-7-5-14(16)6-8-15/h3-4,9,15H,5-8,10H2,1-2H3. The second kappa shape index (κ2) is 5.46. The van der Waals surface area contributed by atoms with Crippen LogP contribution in [0.2, 0.25) is 0 Å². The number of benzene rings is 1. The molecule has 2 nitrogen and oxygen atoms in total. The highest BCUT2D eigenvalue weighted by Gasteiger charge is 2.19. The molecule has 1 aromatic rings. The van der Waals surface area contributed by atoms with Gasteiger partial charge in [0.05, 0.1) is 12.7 Å². The van der Waals surface area contributed by atoms with E-state index in [1.165, 1.54) is 16.7 Å². The van der Waals surface area contributed by atoms with E-state index >= 15 is 0 Å². The number of ketones is 1. The lowest BCUT2D eigenvalue weighted by Gasteiger charge is -2.22. The molecule has 0 atom stereocenters. The van der Waals surface area contributed by atoms with Gasteiger partial charge in [-0.2, -0.15) is 0 Å². The van der Waals surface area contributed by atoms with Crippen LogP contribution >= 0.6 is 0 Å². The summed E-state index contributed by atoms with van der Waals surface area (Å²) in [5.74, 6) is 0.386. The zero-order valence-corrected chi connectivity index (χ0v) is 10.7. The summed E-state index contributed by atoms with van der Waals surface area (Å²) in [6.45, 7) is 4.89. The number of carbonyl (C=O) groups excluding carboxylic acids is 1. The van der Waals surface area contributed by atoms with Crippen LogP contribution in [0.5, 0.6) is 0 Å². The zero-order chi connectivity index (χ0) is 12.3. The Morgan fingerprint density at radius 3 is 2.65 bits per heavy atom. The van der Waals surface area contributed by atoms with Crippen molar-refractivity contribution in [3.8, 4) is 0 Å². The lowest BCUT2D eigenvalue weighted by atomic mass is 9.96. The molecule has 2 rings (SSSR count). The minimum atomic E-state index is 0.271. The Morgan fingerprint density at radius 2 is 1.94 bits per heavy atom. The summed E-state index contributed by atoms with van der Waals surface area (Å²) in [5.41, 5.74) is 3.82. The minimum absolute atomic E-state index is 0.271. The van der Waals surface area contributed by atoms with Crippen LogP contribution in [0.15, 0.2) is 18.2 Å². The number of Topliss-reactive ketones (excluding diaryl/α,β-unsaturated/α-hetero) is 1. The van der Waals surface area contributed by atoms with Gasteiger partial charge in [0, 0.05) is 12.8 Å². The van der Waals surface area contributed by atoms with Crippen molar-refractivity contribution < 1.29 is 9.53 Å². The predicted molar refractivity (Wildman–Crippen MR) is 68.0 cm³/mol. The highest BCUT2D eigenvalue weighted by Crippen LogP contribution is 2.20. The summed E-state index contributed by atoms with van der Waals surface area (Å²) in [5, 5.41) is 0. The molecular formula is C15H20O2. The molecule has 1 aromatic carbocycles. The third-order valence-electron chi connectivity index (χ3n) is 3.47. The van der Waals surface area contributed by atoms with Crippen LogP contribution in [-0.2, 0) is 16.1 Å². The fourth-order valence-corrected chi connectivity index (χ4v) is 2.24. The van der Waals surface area contributed by atoms with Gasteiger partial charge in [-0.15, -0.1) is 0 Å². The first-order valence-electron chi connectivity index (χ1n) is 6.34. The molecule has 92 valence electrons. The van der Waals surface area contributed by atoms with Crippen LogP contribution in [0.4, 0.5) is 0 Å². The quantitative estimate of drug-likeness (QED) is 0.799. The van der Waals surface area contributed by atoms with Gasteiger partial charge in [-0.3, -0.25) is 4.79 Å². The third kappa shape index (κ3) is 3.40. The first-order chi connectivity index (χ1) is 8.15. The summed E-state index contributed by atoms with van der Waals surface area (Å²) in [6.07, 6.45) is 3.44. The van der Waals surface area contributed by atoms with E-state index < -0.39 is 0 Å². The molecule has 1 aliphatic rings. The Kier molecular flexibility index (Phi) is 3.95. The molecule has 1 aliphatic carbocycles. The Balaban J connectivity index is 1.89. The Labute approximate surface area is 103 Å². The fourth-order valence-electron chi connectivity index (χ4n) is 2.24. The monoisotopic (exact) mass is 232 g/mol. The number of rotatable bonds is 3. The molecule has 0 bridgehead atoms. The second-order valence-corrected chi connectivity index (χ2v) is 4.98. The summed E-state index contributed by atoms with van der Waals surface area (Å²) >= 11 is 0.